The Kier molecular flexibility index (Phi) is 4.26. The first kappa shape index (κ1) is 14.2. The number of amides is 1. The predicted octanol–water partition coefficient (Wildman–Crippen LogP) is 0.241. The Labute approximate surface area is 124 Å². The Balaban J connectivity index is 1.72. The van der Waals surface area contributed by atoms with Crippen LogP contribution in [0.1, 0.15) is 10.4 Å². The highest BCUT2D eigenvalue weighted by Gasteiger charge is 2.26. The van der Waals surface area contributed by atoms with Crippen LogP contribution >= 0.6 is 0 Å². The van der Waals surface area contributed by atoms with Gasteiger partial charge in [0.05, 0.1) is 17.9 Å². The van der Waals surface area contributed by atoms with Crippen molar-refractivity contribution < 1.29 is 14.6 Å². The molecular formula is C15H21N3O3. The number of hydrogen-bond donors (Lipinski definition) is 2. The van der Waals surface area contributed by atoms with Gasteiger partial charge in [-0.25, -0.2) is 0 Å². The molecule has 1 amide bonds. The Morgan fingerprint density at radius 2 is 2.10 bits per heavy atom. The number of ether oxygens (including phenoxy) is 1. The third-order valence-electron chi connectivity index (χ3n) is 3.99. The van der Waals surface area contributed by atoms with E-state index in [2.05, 4.69) is 10.2 Å². The maximum Gasteiger partial charge on any atom is 0.257 e. The molecule has 21 heavy (non-hydrogen) atoms. The second kappa shape index (κ2) is 6.32. The third kappa shape index (κ3) is 2.96. The minimum absolute atomic E-state index is 0.0270. The van der Waals surface area contributed by atoms with Gasteiger partial charge in [0.15, 0.2) is 5.75 Å². The molecule has 114 valence electrons. The van der Waals surface area contributed by atoms with Crippen molar-refractivity contribution in [3.63, 3.8) is 0 Å². The largest absolute Gasteiger partial charge is 0.489 e. The molecular weight excluding hydrogens is 270 g/mol. The molecule has 0 spiro atoms. The van der Waals surface area contributed by atoms with E-state index in [1.54, 1.807) is 0 Å². The first-order valence-electron chi connectivity index (χ1n) is 7.42. The summed E-state index contributed by atoms with van der Waals surface area (Å²) < 4.78 is 5.67. The molecule has 6 nitrogen and oxygen atoms in total. The normalized spacial score (nSPS) is 18.6. The van der Waals surface area contributed by atoms with E-state index in [4.69, 9.17) is 9.84 Å². The summed E-state index contributed by atoms with van der Waals surface area (Å²) >= 11 is 0. The number of anilines is 1. The van der Waals surface area contributed by atoms with Crippen LogP contribution in [0.2, 0.25) is 0 Å². The highest BCUT2D eigenvalue weighted by molar-refractivity contribution is 5.99. The van der Waals surface area contributed by atoms with E-state index in [1.807, 2.05) is 23.1 Å². The number of aliphatic hydroxyl groups excluding tert-OH is 1. The summed E-state index contributed by atoms with van der Waals surface area (Å²) in [5.41, 5.74) is 1.53. The van der Waals surface area contributed by atoms with E-state index in [0.29, 0.717) is 37.6 Å². The molecule has 0 unspecified atom stereocenters. The van der Waals surface area contributed by atoms with Crippen molar-refractivity contribution in [1.82, 2.24) is 9.80 Å². The molecule has 1 fully saturated rings. The number of nitrogens with zero attached hydrogens (tertiary/aromatic N) is 2. The molecule has 2 N–H and O–H groups in total. The number of benzene rings is 1. The van der Waals surface area contributed by atoms with Crippen molar-refractivity contribution in [2.45, 2.75) is 0 Å². The lowest BCUT2D eigenvalue weighted by molar-refractivity contribution is 0.0611. The van der Waals surface area contributed by atoms with Gasteiger partial charge in [0.1, 0.15) is 6.61 Å². The Hall–Kier alpha value is -1.79. The molecule has 0 aliphatic carbocycles. The summed E-state index contributed by atoms with van der Waals surface area (Å²) in [4.78, 5) is 16.7. The highest BCUT2D eigenvalue weighted by Crippen LogP contribution is 2.32. The van der Waals surface area contributed by atoms with Gasteiger partial charge in [0.2, 0.25) is 0 Å². The fourth-order valence-corrected chi connectivity index (χ4v) is 2.83. The van der Waals surface area contributed by atoms with Gasteiger partial charge in [-0.1, -0.05) is 6.07 Å². The van der Waals surface area contributed by atoms with E-state index in [-0.39, 0.29) is 12.5 Å². The second-order valence-corrected chi connectivity index (χ2v) is 5.31. The Morgan fingerprint density at radius 1 is 1.29 bits per heavy atom. The van der Waals surface area contributed by atoms with Crippen molar-refractivity contribution in [1.29, 1.82) is 0 Å². The molecule has 3 rings (SSSR count). The number of carbonyl (C=O) groups excluding carboxylic acids is 1. The zero-order valence-corrected chi connectivity index (χ0v) is 12.0. The first-order valence-corrected chi connectivity index (χ1v) is 7.42. The van der Waals surface area contributed by atoms with Crippen molar-refractivity contribution in [3.05, 3.63) is 23.8 Å². The monoisotopic (exact) mass is 291 g/mol. The third-order valence-corrected chi connectivity index (χ3v) is 3.99. The average molecular weight is 291 g/mol. The summed E-state index contributed by atoms with van der Waals surface area (Å²) in [6.07, 6.45) is 0. The van der Waals surface area contributed by atoms with E-state index in [0.717, 1.165) is 25.3 Å². The second-order valence-electron chi connectivity index (χ2n) is 5.31. The quantitative estimate of drug-likeness (QED) is 0.835. The van der Waals surface area contributed by atoms with Crippen LogP contribution in [0.4, 0.5) is 5.69 Å². The summed E-state index contributed by atoms with van der Waals surface area (Å²) in [6, 6.07) is 5.65. The van der Waals surface area contributed by atoms with Gasteiger partial charge < -0.3 is 20.1 Å². The number of hydrogen-bond acceptors (Lipinski definition) is 5. The number of aliphatic hydroxyl groups is 1. The molecule has 1 aromatic carbocycles. The van der Waals surface area contributed by atoms with Crippen molar-refractivity contribution in [3.8, 4) is 5.75 Å². The highest BCUT2D eigenvalue weighted by atomic mass is 16.5. The molecule has 2 heterocycles. The van der Waals surface area contributed by atoms with Crippen molar-refractivity contribution >= 4 is 11.6 Å². The van der Waals surface area contributed by atoms with Crippen LogP contribution in [0.3, 0.4) is 0 Å². The minimum Gasteiger partial charge on any atom is -0.489 e. The van der Waals surface area contributed by atoms with Gasteiger partial charge in [0, 0.05) is 39.3 Å². The molecule has 1 saturated heterocycles. The van der Waals surface area contributed by atoms with E-state index in [9.17, 15) is 4.79 Å². The lowest BCUT2D eigenvalue weighted by Crippen LogP contribution is -2.49. The van der Waals surface area contributed by atoms with Gasteiger partial charge in [-0.15, -0.1) is 0 Å². The summed E-state index contributed by atoms with van der Waals surface area (Å²) in [7, 11) is 0. The maximum absolute atomic E-state index is 12.7. The molecule has 0 bridgehead atoms. The fraction of sp³-hybridized carbons (Fsp3) is 0.533. The standard InChI is InChI=1S/C15H21N3O3/c19-10-9-17-5-7-18(8-6-17)15(20)12-2-1-3-13-14(12)21-11-4-16-13/h1-3,16,19H,4-11H2. The number of nitrogens with one attached hydrogen (secondary N) is 1. The van der Waals surface area contributed by atoms with Crippen molar-refractivity contribution in [2.24, 2.45) is 0 Å². The molecule has 2 aliphatic rings. The number of piperazine rings is 1. The fourth-order valence-electron chi connectivity index (χ4n) is 2.83. The Morgan fingerprint density at radius 3 is 2.86 bits per heavy atom. The summed E-state index contributed by atoms with van der Waals surface area (Å²) in [5, 5.41) is 12.2. The van der Waals surface area contributed by atoms with Crippen LogP contribution in [0.25, 0.3) is 0 Å². The summed E-state index contributed by atoms with van der Waals surface area (Å²) in [5.74, 6) is 0.700. The SMILES string of the molecule is O=C(c1cccc2c1OCCN2)N1CCN(CCO)CC1. The molecule has 2 aliphatic heterocycles. The van der Waals surface area contributed by atoms with Gasteiger partial charge in [-0.2, -0.15) is 0 Å². The maximum atomic E-state index is 12.7. The van der Waals surface area contributed by atoms with Gasteiger partial charge in [-0.3, -0.25) is 9.69 Å². The number of carbonyl (C=O) groups is 1. The molecule has 0 radical (unpaired) electrons. The Bertz CT molecular complexity index is 513. The number of rotatable bonds is 3. The van der Waals surface area contributed by atoms with Crippen LogP contribution in [-0.4, -0.2) is 73.3 Å². The van der Waals surface area contributed by atoms with Crippen LogP contribution < -0.4 is 10.1 Å². The van der Waals surface area contributed by atoms with Gasteiger partial charge >= 0.3 is 0 Å². The molecule has 1 aromatic rings. The topological polar surface area (TPSA) is 65.0 Å². The predicted molar refractivity (Wildman–Crippen MR) is 79.9 cm³/mol. The summed E-state index contributed by atoms with van der Waals surface area (Å²) in [6.45, 7) is 5.19. The van der Waals surface area contributed by atoms with Crippen LogP contribution in [0.5, 0.6) is 5.75 Å². The first-order chi connectivity index (χ1) is 10.3. The van der Waals surface area contributed by atoms with E-state index >= 15 is 0 Å². The molecule has 6 heteroatoms. The number of para-hydroxylation sites is 1. The van der Waals surface area contributed by atoms with Gasteiger partial charge in [-0.05, 0) is 12.1 Å². The molecule has 0 saturated carbocycles. The number of β-amino-alcohol motifs (C(OH)–C–C–N with tert-alkyl or cyclic N) is 1. The van der Waals surface area contributed by atoms with Crippen LogP contribution in [-0.2, 0) is 0 Å². The molecule has 0 atom stereocenters. The van der Waals surface area contributed by atoms with Crippen LogP contribution in [0, 0.1) is 0 Å². The van der Waals surface area contributed by atoms with E-state index < -0.39 is 0 Å². The minimum atomic E-state index is 0.0270. The van der Waals surface area contributed by atoms with Crippen LogP contribution in [0.15, 0.2) is 18.2 Å². The lowest BCUT2D eigenvalue weighted by Gasteiger charge is -2.35. The zero-order valence-electron chi connectivity index (χ0n) is 12.0. The smallest absolute Gasteiger partial charge is 0.257 e. The average Bonchev–Trinajstić information content (AvgIpc) is 2.55. The molecule has 0 aromatic heterocycles. The zero-order chi connectivity index (χ0) is 14.7. The van der Waals surface area contributed by atoms with Gasteiger partial charge in [0.25, 0.3) is 5.91 Å². The van der Waals surface area contributed by atoms with E-state index in [1.165, 1.54) is 0 Å². The number of fused-ring (bicyclic) bond motifs is 1. The van der Waals surface area contributed by atoms with Crippen molar-refractivity contribution in [2.75, 3.05) is 57.8 Å². The lowest BCUT2D eigenvalue weighted by atomic mass is 10.1.